The molecule has 0 radical (unpaired) electrons. The minimum absolute atomic E-state index is 0.0749. The summed E-state index contributed by atoms with van der Waals surface area (Å²) in [5.74, 6) is 0.264. The minimum atomic E-state index is -3.74. The number of fused-ring (bicyclic) bond motifs is 1. The van der Waals surface area contributed by atoms with Gasteiger partial charge in [-0.15, -0.1) is 11.3 Å². The highest BCUT2D eigenvalue weighted by Gasteiger charge is 2.24. The van der Waals surface area contributed by atoms with Crippen LogP contribution >= 0.6 is 11.3 Å². The number of benzene rings is 1. The van der Waals surface area contributed by atoms with Gasteiger partial charge >= 0.3 is 0 Å². The van der Waals surface area contributed by atoms with Crippen molar-refractivity contribution in [2.45, 2.75) is 18.7 Å². The summed E-state index contributed by atoms with van der Waals surface area (Å²) in [7, 11) is -3.74. The van der Waals surface area contributed by atoms with E-state index in [0.717, 1.165) is 16.2 Å². The molecule has 1 N–H and O–H groups in total. The molecule has 128 valence electrons. The SMILES string of the molecule is Cc1noc(C)c1S(=O)(=O)Nc1ccc(-c2cn3ccsc3n2)cc1. The number of aromatic nitrogens is 3. The molecule has 0 atom stereocenters. The van der Waals surface area contributed by atoms with Crippen LogP contribution in [0, 0.1) is 13.8 Å². The minimum Gasteiger partial charge on any atom is -0.360 e. The number of hydrogen-bond acceptors (Lipinski definition) is 6. The average Bonchev–Trinajstić information content (AvgIpc) is 3.22. The molecule has 0 unspecified atom stereocenters. The lowest BCUT2D eigenvalue weighted by Crippen LogP contribution is -2.14. The summed E-state index contributed by atoms with van der Waals surface area (Å²) < 4.78 is 34.5. The van der Waals surface area contributed by atoms with Crippen LogP contribution in [0.2, 0.25) is 0 Å². The highest BCUT2D eigenvalue weighted by molar-refractivity contribution is 7.92. The van der Waals surface area contributed by atoms with Crippen LogP contribution in [0.1, 0.15) is 11.5 Å². The maximum atomic E-state index is 12.5. The normalized spacial score (nSPS) is 11.9. The van der Waals surface area contributed by atoms with E-state index in [1.54, 1.807) is 37.3 Å². The number of sulfonamides is 1. The topological polar surface area (TPSA) is 89.5 Å². The molecular formula is C16H14N4O3S2. The average molecular weight is 374 g/mol. The summed E-state index contributed by atoms with van der Waals surface area (Å²) in [4.78, 5) is 5.52. The van der Waals surface area contributed by atoms with Crippen LogP contribution in [0.3, 0.4) is 0 Å². The molecule has 0 saturated carbocycles. The van der Waals surface area contributed by atoms with Gasteiger partial charge in [-0.2, -0.15) is 0 Å². The van der Waals surface area contributed by atoms with Crippen LogP contribution in [0.4, 0.5) is 5.69 Å². The second-order valence-electron chi connectivity index (χ2n) is 5.56. The van der Waals surface area contributed by atoms with Crippen molar-refractivity contribution >= 4 is 32.0 Å². The quantitative estimate of drug-likeness (QED) is 0.591. The van der Waals surface area contributed by atoms with E-state index in [9.17, 15) is 8.42 Å². The first-order valence-electron chi connectivity index (χ1n) is 7.42. The molecule has 25 heavy (non-hydrogen) atoms. The smallest absolute Gasteiger partial charge is 0.267 e. The lowest BCUT2D eigenvalue weighted by atomic mass is 10.1. The van der Waals surface area contributed by atoms with Crippen molar-refractivity contribution in [1.29, 1.82) is 0 Å². The zero-order valence-corrected chi connectivity index (χ0v) is 15.1. The van der Waals surface area contributed by atoms with Gasteiger partial charge in [0.25, 0.3) is 10.0 Å². The van der Waals surface area contributed by atoms with Gasteiger partial charge in [0.15, 0.2) is 15.6 Å². The van der Waals surface area contributed by atoms with Gasteiger partial charge in [0, 0.05) is 29.0 Å². The van der Waals surface area contributed by atoms with Crippen molar-refractivity contribution in [1.82, 2.24) is 14.5 Å². The molecule has 4 aromatic rings. The summed E-state index contributed by atoms with van der Waals surface area (Å²) in [5, 5.41) is 5.66. The van der Waals surface area contributed by atoms with Crippen molar-refractivity contribution in [3.8, 4) is 11.3 Å². The Kier molecular flexibility index (Phi) is 3.62. The number of aryl methyl sites for hydroxylation is 2. The van der Waals surface area contributed by atoms with E-state index in [1.807, 2.05) is 34.3 Å². The molecule has 3 heterocycles. The summed E-state index contributed by atoms with van der Waals surface area (Å²) in [6, 6.07) is 7.08. The largest absolute Gasteiger partial charge is 0.360 e. The van der Waals surface area contributed by atoms with Gasteiger partial charge in [0.1, 0.15) is 5.69 Å². The van der Waals surface area contributed by atoms with Crippen LogP contribution < -0.4 is 4.72 Å². The Balaban J connectivity index is 1.61. The third-order valence-electron chi connectivity index (χ3n) is 3.76. The van der Waals surface area contributed by atoms with Gasteiger partial charge in [0.2, 0.25) is 0 Å². The number of anilines is 1. The maximum Gasteiger partial charge on any atom is 0.267 e. The summed E-state index contributed by atoms with van der Waals surface area (Å²) in [5.41, 5.74) is 2.55. The van der Waals surface area contributed by atoms with E-state index >= 15 is 0 Å². The maximum absolute atomic E-state index is 12.5. The monoisotopic (exact) mass is 374 g/mol. The fourth-order valence-electron chi connectivity index (χ4n) is 2.64. The number of nitrogens with zero attached hydrogens (tertiary/aromatic N) is 3. The Morgan fingerprint density at radius 2 is 1.96 bits per heavy atom. The third-order valence-corrected chi connectivity index (χ3v) is 6.16. The van der Waals surface area contributed by atoms with Crippen molar-refractivity contribution in [2.75, 3.05) is 4.72 Å². The second kappa shape index (κ2) is 5.71. The van der Waals surface area contributed by atoms with E-state index in [1.165, 1.54) is 0 Å². The van der Waals surface area contributed by atoms with Gasteiger partial charge in [0.05, 0.1) is 5.69 Å². The van der Waals surface area contributed by atoms with E-state index < -0.39 is 10.0 Å². The highest BCUT2D eigenvalue weighted by Crippen LogP contribution is 2.25. The first kappa shape index (κ1) is 15.9. The fourth-order valence-corrected chi connectivity index (χ4v) is 4.73. The molecule has 7 nitrogen and oxygen atoms in total. The van der Waals surface area contributed by atoms with Gasteiger partial charge in [-0.3, -0.25) is 9.12 Å². The Morgan fingerprint density at radius 3 is 2.60 bits per heavy atom. The first-order chi connectivity index (χ1) is 11.9. The Labute approximate surface area is 148 Å². The third kappa shape index (κ3) is 2.81. The number of rotatable bonds is 4. The van der Waals surface area contributed by atoms with Crippen LogP contribution in [0.15, 0.2) is 51.5 Å². The lowest BCUT2D eigenvalue weighted by Gasteiger charge is -2.08. The first-order valence-corrected chi connectivity index (χ1v) is 9.79. The van der Waals surface area contributed by atoms with Crippen LogP contribution in [0.25, 0.3) is 16.2 Å². The van der Waals surface area contributed by atoms with E-state index in [2.05, 4.69) is 14.9 Å². The standard InChI is InChI=1S/C16H14N4O3S2/c1-10-15(11(2)23-18-10)25(21,22)19-13-5-3-12(4-6-13)14-9-20-7-8-24-16(20)17-14/h3-9,19H,1-2H3. The molecular weight excluding hydrogens is 360 g/mol. The number of nitrogens with one attached hydrogen (secondary N) is 1. The van der Waals surface area contributed by atoms with Gasteiger partial charge in [-0.25, -0.2) is 13.4 Å². The van der Waals surface area contributed by atoms with E-state index in [4.69, 9.17) is 4.52 Å². The molecule has 0 amide bonds. The molecule has 0 aliphatic heterocycles. The van der Waals surface area contributed by atoms with Crippen LogP contribution in [0.5, 0.6) is 0 Å². The molecule has 0 spiro atoms. The Morgan fingerprint density at radius 1 is 1.20 bits per heavy atom. The summed E-state index contributed by atoms with van der Waals surface area (Å²) in [6.07, 6.45) is 3.89. The van der Waals surface area contributed by atoms with Gasteiger partial charge < -0.3 is 4.52 Å². The second-order valence-corrected chi connectivity index (χ2v) is 8.05. The van der Waals surface area contributed by atoms with Crippen molar-refractivity contribution in [3.63, 3.8) is 0 Å². The van der Waals surface area contributed by atoms with Crippen molar-refractivity contribution < 1.29 is 12.9 Å². The molecule has 0 bridgehead atoms. The van der Waals surface area contributed by atoms with E-state index in [0.29, 0.717) is 11.4 Å². The number of thiazole rings is 1. The Hall–Kier alpha value is -2.65. The van der Waals surface area contributed by atoms with Crippen molar-refractivity contribution in [3.05, 3.63) is 53.5 Å². The molecule has 0 aliphatic carbocycles. The highest BCUT2D eigenvalue weighted by atomic mass is 32.2. The number of hydrogen-bond donors (Lipinski definition) is 1. The van der Waals surface area contributed by atoms with E-state index in [-0.39, 0.29) is 10.7 Å². The molecule has 0 aliphatic rings. The Bertz CT molecular complexity index is 1110. The zero-order valence-electron chi connectivity index (χ0n) is 13.4. The molecule has 9 heteroatoms. The van der Waals surface area contributed by atoms with Gasteiger partial charge in [-0.05, 0) is 26.0 Å². The molecule has 1 aromatic carbocycles. The van der Waals surface area contributed by atoms with Crippen LogP contribution in [-0.2, 0) is 10.0 Å². The predicted octanol–water partition coefficient (Wildman–Crippen LogP) is 3.47. The zero-order chi connectivity index (χ0) is 17.6. The summed E-state index contributed by atoms with van der Waals surface area (Å²) >= 11 is 1.56. The number of imidazole rings is 1. The molecule has 3 aromatic heterocycles. The lowest BCUT2D eigenvalue weighted by molar-refractivity contribution is 0.390. The van der Waals surface area contributed by atoms with Gasteiger partial charge in [-0.1, -0.05) is 17.3 Å². The summed E-state index contributed by atoms with van der Waals surface area (Å²) in [6.45, 7) is 3.17. The molecule has 0 fully saturated rings. The van der Waals surface area contributed by atoms with Crippen LogP contribution in [-0.4, -0.2) is 23.0 Å². The fraction of sp³-hybridized carbons (Fsp3) is 0.125. The molecule has 4 rings (SSSR count). The molecule has 0 saturated heterocycles. The predicted molar refractivity (Wildman–Crippen MR) is 95.3 cm³/mol. The van der Waals surface area contributed by atoms with Crippen molar-refractivity contribution in [2.24, 2.45) is 0 Å².